The third-order valence-electron chi connectivity index (χ3n) is 4.75. The van der Waals surface area contributed by atoms with Crippen LogP contribution in [0.4, 0.5) is 0 Å². The first-order valence-corrected chi connectivity index (χ1v) is 10.6. The van der Waals surface area contributed by atoms with Gasteiger partial charge in [-0.3, -0.25) is 20.4 Å². The van der Waals surface area contributed by atoms with E-state index in [-0.39, 0.29) is 24.0 Å². The lowest BCUT2D eigenvalue weighted by atomic mass is 9.72. The van der Waals surface area contributed by atoms with Crippen LogP contribution in [0.1, 0.15) is 46.6 Å². The van der Waals surface area contributed by atoms with Crippen LogP contribution < -0.4 is 25.1 Å². The zero-order valence-corrected chi connectivity index (χ0v) is 19.8. The number of benzene rings is 2. The molecule has 0 bridgehead atoms. The van der Waals surface area contributed by atoms with Gasteiger partial charge in [-0.25, -0.2) is 0 Å². The van der Waals surface area contributed by atoms with Crippen molar-refractivity contribution in [2.75, 3.05) is 20.3 Å². The van der Waals surface area contributed by atoms with Gasteiger partial charge in [-0.1, -0.05) is 46.8 Å². The third-order valence-corrected chi connectivity index (χ3v) is 4.75. The summed E-state index contributed by atoms with van der Waals surface area (Å²) in [6.45, 7) is 10.7. The average Bonchev–Trinajstić information content (AvgIpc) is 2.73. The summed E-state index contributed by atoms with van der Waals surface area (Å²) in [5.41, 5.74) is 6.07. The van der Waals surface area contributed by atoms with Gasteiger partial charge in [0.1, 0.15) is 17.2 Å². The maximum atomic E-state index is 11.9. The molecule has 2 amide bonds. The van der Waals surface area contributed by atoms with Crippen molar-refractivity contribution in [3.63, 3.8) is 0 Å². The number of carbonyl (C=O) groups excluding carboxylic acids is 2. The van der Waals surface area contributed by atoms with Crippen LogP contribution in [-0.4, -0.2) is 32.1 Å². The van der Waals surface area contributed by atoms with Gasteiger partial charge in [-0.05, 0) is 59.2 Å². The summed E-state index contributed by atoms with van der Waals surface area (Å²) in [7, 11) is 1.57. The summed E-state index contributed by atoms with van der Waals surface area (Å²) in [6.07, 6.45) is 1.05. The first-order valence-electron chi connectivity index (χ1n) is 10.6. The molecule has 7 heteroatoms. The molecule has 7 nitrogen and oxygen atoms in total. The first kappa shape index (κ1) is 25.0. The van der Waals surface area contributed by atoms with E-state index in [1.807, 2.05) is 24.3 Å². The lowest BCUT2D eigenvalue weighted by Crippen LogP contribution is -2.45. The van der Waals surface area contributed by atoms with Crippen molar-refractivity contribution in [2.24, 2.45) is 5.41 Å². The van der Waals surface area contributed by atoms with Crippen LogP contribution in [-0.2, 0) is 15.0 Å². The molecule has 0 saturated carbocycles. The van der Waals surface area contributed by atoms with Gasteiger partial charge in [0.2, 0.25) is 0 Å². The smallest absolute Gasteiger partial charge is 0.276 e. The number of methoxy groups -OCH3 is 1. The molecular formula is C25H34N2O5. The van der Waals surface area contributed by atoms with Crippen LogP contribution in [0.3, 0.4) is 0 Å². The van der Waals surface area contributed by atoms with Crippen molar-refractivity contribution < 1.29 is 23.8 Å². The summed E-state index contributed by atoms with van der Waals surface area (Å²) in [6, 6.07) is 14.6. The number of rotatable bonds is 9. The SMILES string of the molecule is COc1ccc(OCC(=O)NNC(=O)COc2ccc(C(C)(C)CC(C)(C)C)cc2)cc1. The minimum atomic E-state index is -0.486. The summed E-state index contributed by atoms with van der Waals surface area (Å²) in [5, 5.41) is 0. The Kier molecular flexibility index (Phi) is 8.52. The minimum absolute atomic E-state index is 0.0341. The highest BCUT2D eigenvalue weighted by molar-refractivity contribution is 5.83. The van der Waals surface area contributed by atoms with Crippen molar-refractivity contribution in [3.05, 3.63) is 54.1 Å². The topological polar surface area (TPSA) is 85.9 Å². The predicted octanol–water partition coefficient (Wildman–Crippen LogP) is 4.01. The van der Waals surface area contributed by atoms with Gasteiger partial charge in [0, 0.05) is 0 Å². The molecule has 32 heavy (non-hydrogen) atoms. The van der Waals surface area contributed by atoms with Crippen LogP contribution in [0.15, 0.2) is 48.5 Å². The molecule has 2 aromatic carbocycles. The molecule has 0 unspecified atom stereocenters. The van der Waals surface area contributed by atoms with E-state index >= 15 is 0 Å². The van der Waals surface area contributed by atoms with Gasteiger partial charge in [0.25, 0.3) is 11.8 Å². The zero-order valence-electron chi connectivity index (χ0n) is 19.8. The number of nitrogens with one attached hydrogen (secondary N) is 2. The molecule has 0 fully saturated rings. The second-order valence-corrected chi connectivity index (χ2v) is 9.49. The maximum Gasteiger partial charge on any atom is 0.276 e. The molecule has 0 spiro atoms. The summed E-state index contributed by atoms with van der Waals surface area (Å²) in [5.74, 6) is 0.839. The zero-order chi connectivity index (χ0) is 23.8. The van der Waals surface area contributed by atoms with Crippen LogP contribution in [0.5, 0.6) is 17.2 Å². The van der Waals surface area contributed by atoms with Crippen LogP contribution >= 0.6 is 0 Å². The predicted molar refractivity (Wildman–Crippen MR) is 124 cm³/mol. The van der Waals surface area contributed by atoms with E-state index in [4.69, 9.17) is 14.2 Å². The number of hydrogen-bond acceptors (Lipinski definition) is 5. The highest BCUT2D eigenvalue weighted by Crippen LogP contribution is 2.36. The minimum Gasteiger partial charge on any atom is -0.497 e. The van der Waals surface area contributed by atoms with Gasteiger partial charge < -0.3 is 14.2 Å². The fourth-order valence-electron chi connectivity index (χ4n) is 3.61. The van der Waals surface area contributed by atoms with E-state index in [1.165, 1.54) is 5.56 Å². The molecule has 0 atom stereocenters. The van der Waals surface area contributed by atoms with Crippen molar-refractivity contribution in [2.45, 2.75) is 46.5 Å². The molecule has 0 heterocycles. The Hall–Kier alpha value is -3.22. The fourth-order valence-corrected chi connectivity index (χ4v) is 3.61. The first-order chi connectivity index (χ1) is 15.0. The molecular weight excluding hydrogens is 408 g/mol. The van der Waals surface area contributed by atoms with E-state index < -0.39 is 11.8 Å². The van der Waals surface area contributed by atoms with Gasteiger partial charge >= 0.3 is 0 Å². The maximum absolute atomic E-state index is 11.9. The molecule has 2 aromatic rings. The monoisotopic (exact) mass is 442 g/mol. The molecule has 0 radical (unpaired) electrons. The molecule has 2 rings (SSSR count). The average molecular weight is 443 g/mol. The molecule has 0 aromatic heterocycles. The van der Waals surface area contributed by atoms with Crippen molar-refractivity contribution in [1.29, 1.82) is 0 Å². The quantitative estimate of drug-likeness (QED) is 0.573. The molecule has 0 aliphatic heterocycles. The number of hydrogen-bond donors (Lipinski definition) is 2. The number of ether oxygens (including phenoxy) is 3. The lowest BCUT2D eigenvalue weighted by Gasteiger charge is -2.33. The van der Waals surface area contributed by atoms with Gasteiger partial charge in [-0.2, -0.15) is 0 Å². The second-order valence-electron chi connectivity index (χ2n) is 9.49. The largest absolute Gasteiger partial charge is 0.497 e. The number of hydrazine groups is 1. The highest BCUT2D eigenvalue weighted by atomic mass is 16.5. The van der Waals surface area contributed by atoms with E-state index in [0.717, 1.165) is 6.42 Å². The molecule has 174 valence electrons. The van der Waals surface area contributed by atoms with Crippen LogP contribution in [0.25, 0.3) is 0 Å². The van der Waals surface area contributed by atoms with Crippen molar-refractivity contribution in [1.82, 2.24) is 10.9 Å². The normalized spacial score (nSPS) is 11.4. The lowest BCUT2D eigenvalue weighted by molar-refractivity contribution is -0.131. The van der Waals surface area contributed by atoms with Crippen molar-refractivity contribution >= 4 is 11.8 Å². The van der Waals surface area contributed by atoms with E-state index in [0.29, 0.717) is 17.2 Å². The van der Waals surface area contributed by atoms with Gasteiger partial charge in [-0.15, -0.1) is 0 Å². The van der Waals surface area contributed by atoms with Crippen LogP contribution in [0, 0.1) is 5.41 Å². The van der Waals surface area contributed by atoms with E-state index in [1.54, 1.807) is 31.4 Å². The Morgan fingerprint density at radius 2 is 1.12 bits per heavy atom. The standard InChI is InChI=1S/C25H34N2O5/c1-24(2,3)17-25(4,5)18-7-9-20(10-8-18)31-15-22(28)26-27-23(29)16-32-21-13-11-19(30-6)12-14-21/h7-14H,15-17H2,1-6H3,(H,26,28)(H,27,29). The van der Waals surface area contributed by atoms with E-state index in [2.05, 4.69) is 45.5 Å². The second kappa shape index (κ2) is 10.9. The third kappa shape index (κ3) is 8.49. The fraction of sp³-hybridized carbons (Fsp3) is 0.440. The molecule has 2 N–H and O–H groups in total. The van der Waals surface area contributed by atoms with Crippen molar-refractivity contribution in [3.8, 4) is 17.2 Å². The molecule has 0 aliphatic carbocycles. The Balaban J connectivity index is 1.72. The number of amides is 2. The summed E-state index contributed by atoms with van der Waals surface area (Å²) >= 11 is 0. The Bertz CT molecular complexity index is 884. The molecule has 0 saturated heterocycles. The summed E-state index contributed by atoms with van der Waals surface area (Å²) < 4.78 is 15.9. The number of carbonyl (C=O) groups is 2. The van der Waals surface area contributed by atoms with Crippen LogP contribution in [0.2, 0.25) is 0 Å². The Morgan fingerprint density at radius 1 is 0.719 bits per heavy atom. The van der Waals surface area contributed by atoms with Gasteiger partial charge in [0.05, 0.1) is 7.11 Å². The summed E-state index contributed by atoms with van der Waals surface area (Å²) in [4.78, 5) is 23.8. The van der Waals surface area contributed by atoms with E-state index in [9.17, 15) is 9.59 Å². The van der Waals surface area contributed by atoms with Gasteiger partial charge in [0.15, 0.2) is 13.2 Å². The Labute approximate surface area is 190 Å². The highest BCUT2D eigenvalue weighted by Gasteiger charge is 2.27. The molecule has 0 aliphatic rings. The Morgan fingerprint density at radius 3 is 1.53 bits per heavy atom.